The molecule has 0 radical (unpaired) electrons. The molecule has 14 heavy (non-hydrogen) atoms. The fraction of sp³-hybridized carbons (Fsp3) is 0.250. The number of hydrogen-bond acceptors (Lipinski definition) is 3. The van der Waals surface area contributed by atoms with Crippen LogP contribution >= 0.6 is 11.6 Å². The Morgan fingerprint density at radius 3 is 2.50 bits per heavy atom. The Labute approximate surface area is 111 Å². The van der Waals surface area contributed by atoms with Gasteiger partial charge in [0, 0.05) is 5.88 Å². The summed E-state index contributed by atoms with van der Waals surface area (Å²) in [6.07, 6.45) is 0.560. The summed E-state index contributed by atoms with van der Waals surface area (Å²) >= 11 is 5.48. The molecule has 0 aromatic heterocycles. The van der Waals surface area contributed by atoms with E-state index < -0.39 is 10.1 Å². The number of alkyl halides is 1. The van der Waals surface area contributed by atoms with Crippen molar-refractivity contribution in [2.45, 2.75) is 11.3 Å². The van der Waals surface area contributed by atoms with Gasteiger partial charge in [-0.2, -0.15) is 0 Å². The second kappa shape index (κ2) is 6.10. The van der Waals surface area contributed by atoms with Crippen molar-refractivity contribution in [3.05, 3.63) is 29.8 Å². The van der Waals surface area contributed by atoms with E-state index in [1.165, 1.54) is 18.2 Å². The van der Waals surface area contributed by atoms with Crippen molar-refractivity contribution in [3.63, 3.8) is 0 Å². The van der Waals surface area contributed by atoms with Gasteiger partial charge in [-0.05, 0) is 24.1 Å². The van der Waals surface area contributed by atoms with Gasteiger partial charge in [-0.25, -0.2) is 8.42 Å². The first-order valence-electron chi connectivity index (χ1n) is 3.65. The number of benzene rings is 1. The molecule has 0 saturated carbocycles. The zero-order chi connectivity index (χ0) is 9.90. The molecule has 0 aliphatic carbocycles. The minimum absolute atomic E-state index is 0. The largest absolute Gasteiger partial charge is 1.00 e. The summed E-state index contributed by atoms with van der Waals surface area (Å²) in [7, 11) is -4.34. The minimum Gasteiger partial charge on any atom is -0.744 e. The van der Waals surface area contributed by atoms with Crippen molar-refractivity contribution in [1.29, 1.82) is 0 Å². The van der Waals surface area contributed by atoms with Crippen molar-refractivity contribution in [3.8, 4) is 0 Å². The molecule has 3 nitrogen and oxygen atoms in total. The Balaban J connectivity index is 0.00000169. The van der Waals surface area contributed by atoms with E-state index in [2.05, 4.69) is 0 Å². The first-order valence-corrected chi connectivity index (χ1v) is 5.59. The van der Waals surface area contributed by atoms with Gasteiger partial charge in [-0.1, -0.05) is 12.1 Å². The van der Waals surface area contributed by atoms with E-state index in [9.17, 15) is 13.0 Å². The number of hydrogen-bond donors (Lipinski definition) is 0. The first-order chi connectivity index (χ1) is 6.04. The van der Waals surface area contributed by atoms with Crippen molar-refractivity contribution in [2.24, 2.45) is 0 Å². The first kappa shape index (κ1) is 14.4. The summed E-state index contributed by atoms with van der Waals surface area (Å²) in [5, 5.41) is 0. The van der Waals surface area contributed by atoms with Crippen LogP contribution in [0.25, 0.3) is 0 Å². The van der Waals surface area contributed by atoms with Gasteiger partial charge in [0.2, 0.25) is 0 Å². The molecular weight excluding hydrogens is 235 g/mol. The van der Waals surface area contributed by atoms with Crippen LogP contribution in [-0.2, 0) is 16.5 Å². The van der Waals surface area contributed by atoms with Crippen molar-refractivity contribution < 1.29 is 42.5 Å². The molecule has 0 heterocycles. The summed E-state index contributed by atoms with van der Waals surface area (Å²) in [4.78, 5) is -0.199. The van der Waals surface area contributed by atoms with E-state index in [1.54, 1.807) is 6.07 Å². The van der Waals surface area contributed by atoms with Crippen LogP contribution in [0.4, 0.5) is 0 Å². The van der Waals surface area contributed by atoms with Crippen LogP contribution in [0, 0.1) is 0 Å². The van der Waals surface area contributed by atoms with Crippen molar-refractivity contribution in [1.82, 2.24) is 0 Å². The van der Waals surface area contributed by atoms with Gasteiger partial charge in [0.05, 0.1) is 4.90 Å². The third-order valence-electron chi connectivity index (χ3n) is 1.57. The van der Waals surface area contributed by atoms with Gasteiger partial charge in [0.15, 0.2) is 0 Å². The molecule has 1 aromatic rings. The Morgan fingerprint density at radius 2 is 2.00 bits per heavy atom. The van der Waals surface area contributed by atoms with Crippen LogP contribution in [0.15, 0.2) is 29.2 Å². The third kappa shape index (κ3) is 4.29. The normalized spacial score (nSPS) is 10.7. The van der Waals surface area contributed by atoms with E-state index in [0.29, 0.717) is 12.3 Å². The molecule has 0 saturated heterocycles. The number of halogens is 1. The zero-order valence-electron chi connectivity index (χ0n) is 7.73. The summed E-state index contributed by atoms with van der Waals surface area (Å²) in [5.41, 5.74) is 0.756. The second-order valence-corrected chi connectivity index (χ2v) is 4.30. The second-order valence-electron chi connectivity index (χ2n) is 2.54. The average molecular weight is 243 g/mol. The standard InChI is InChI=1S/C8H9ClO3S.Na/c9-5-4-7-2-1-3-8(6-7)13(10,11)12;/h1-3,6H,4-5H2,(H,10,11,12);/q;+1/p-1. The predicted octanol–water partition coefficient (Wildman–Crippen LogP) is -1.62. The quantitative estimate of drug-likeness (QED) is 0.364. The molecule has 0 unspecified atom stereocenters. The molecule has 1 aromatic carbocycles. The summed E-state index contributed by atoms with van der Waals surface area (Å²) in [6.45, 7) is 0. The Kier molecular flexibility index (Phi) is 6.28. The molecule has 0 amide bonds. The van der Waals surface area contributed by atoms with Crippen LogP contribution in [0.2, 0.25) is 0 Å². The van der Waals surface area contributed by atoms with Gasteiger partial charge in [0.1, 0.15) is 10.1 Å². The van der Waals surface area contributed by atoms with Crippen LogP contribution in [0.5, 0.6) is 0 Å². The molecule has 6 heteroatoms. The Morgan fingerprint density at radius 1 is 1.36 bits per heavy atom. The van der Waals surface area contributed by atoms with Gasteiger partial charge >= 0.3 is 29.6 Å². The van der Waals surface area contributed by atoms with Crippen molar-refractivity contribution in [2.75, 3.05) is 5.88 Å². The van der Waals surface area contributed by atoms with E-state index in [-0.39, 0.29) is 34.5 Å². The van der Waals surface area contributed by atoms with Crippen molar-refractivity contribution >= 4 is 21.7 Å². The van der Waals surface area contributed by atoms with Crippen LogP contribution in [-0.4, -0.2) is 18.9 Å². The molecule has 0 aliphatic rings. The molecule has 0 bridgehead atoms. The van der Waals surface area contributed by atoms with Crippen LogP contribution < -0.4 is 29.6 Å². The summed E-state index contributed by atoms with van der Waals surface area (Å²) in [6, 6.07) is 5.90. The fourth-order valence-electron chi connectivity index (χ4n) is 0.966. The van der Waals surface area contributed by atoms with E-state index >= 15 is 0 Å². The van der Waals surface area contributed by atoms with Gasteiger partial charge < -0.3 is 4.55 Å². The van der Waals surface area contributed by atoms with Crippen LogP contribution in [0.1, 0.15) is 5.56 Å². The van der Waals surface area contributed by atoms with Crippen LogP contribution in [0.3, 0.4) is 0 Å². The topological polar surface area (TPSA) is 57.2 Å². The average Bonchev–Trinajstić information content (AvgIpc) is 2.04. The molecule has 0 aliphatic heterocycles. The maximum Gasteiger partial charge on any atom is 1.00 e. The molecule has 0 N–H and O–H groups in total. The zero-order valence-corrected chi connectivity index (χ0v) is 11.3. The number of rotatable bonds is 3. The molecule has 0 spiro atoms. The summed E-state index contributed by atoms with van der Waals surface area (Å²) < 4.78 is 31.8. The maximum atomic E-state index is 10.6. The minimum atomic E-state index is -4.34. The predicted molar refractivity (Wildman–Crippen MR) is 48.8 cm³/mol. The molecule has 0 atom stereocenters. The third-order valence-corrected chi connectivity index (χ3v) is 2.59. The summed E-state index contributed by atoms with van der Waals surface area (Å²) in [5.74, 6) is 0.405. The monoisotopic (exact) mass is 242 g/mol. The van der Waals surface area contributed by atoms with E-state index in [1.807, 2.05) is 0 Å². The van der Waals surface area contributed by atoms with Gasteiger partial charge in [-0.15, -0.1) is 11.6 Å². The Bertz CT molecular complexity index is 391. The number of aryl methyl sites for hydroxylation is 1. The van der Waals surface area contributed by atoms with E-state index in [4.69, 9.17) is 11.6 Å². The SMILES string of the molecule is O=S(=O)([O-])c1cccc(CCCl)c1.[Na+]. The maximum absolute atomic E-state index is 10.6. The molecular formula is C8H8ClNaO3S. The molecule has 72 valence electrons. The fourth-order valence-corrected chi connectivity index (χ4v) is 1.72. The Hall–Kier alpha value is 0.420. The molecule has 1 rings (SSSR count). The van der Waals surface area contributed by atoms with Gasteiger partial charge in [-0.3, -0.25) is 0 Å². The van der Waals surface area contributed by atoms with E-state index in [0.717, 1.165) is 5.56 Å². The molecule has 0 fully saturated rings. The smallest absolute Gasteiger partial charge is 0.744 e. The van der Waals surface area contributed by atoms with Gasteiger partial charge in [0.25, 0.3) is 0 Å².